The molecule has 0 atom stereocenters. The number of alkyl halides is 3. The van der Waals surface area contributed by atoms with E-state index in [-0.39, 0.29) is 12.4 Å². The van der Waals surface area contributed by atoms with Crippen molar-refractivity contribution in [3.8, 4) is 17.0 Å². The fraction of sp³-hybridized carbons (Fsp3) is 0.304. The van der Waals surface area contributed by atoms with E-state index < -0.39 is 12.5 Å². The number of carbonyl (C=O) groups is 1. The van der Waals surface area contributed by atoms with Crippen LogP contribution in [0.1, 0.15) is 18.9 Å². The van der Waals surface area contributed by atoms with Gasteiger partial charge < -0.3 is 19.4 Å². The van der Waals surface area contributed by atoms with Gasteiger partial charge in [-0.1, -0.05) is 23.7 Å². The van der Waals surface area contributed by atoms with E-state index in [1.165, 1.54) is 23.5 Å². The number of hydrogen-bond donors (Lipinski definition) is 1. The van der Waals surface area contributed by atoms with Crippen molar-refractivity contribution in [3.63, 3.8) is 0 Å². The van der Waals surface area contributed by atoms with Crippen molar-refractivity contribution in [2.75, 3.05) is 13.2 Å². The number of rotatable bonds is 9. The lowest BCUT2D eigenvalue weighted by Crippen LogP contribution is -2.27. The van der Waals surface area contributed by atoms with Crippen LogP contribution in [-0.2, 0) is 17.8 Å². The van der Waals surface area contributed by atoms with Gasteiger partial charge in [0.2, 0.25) is 0 Å². The van der Waals surface area contributed by atoms with Gasteiger partial charge in [-0.3, -0.25) is 4.99 Å². The molecule has 1 amide bonds. The molecule has 0 unspecified atom stereocenters. The summed E-state index contributed by atoms with van der Waals surface area (Å²) in [5.41, 5.74) is 2.51. The van der Waals surface area contributed by atoms with Gasteiger partial charge in [-0.15, -0.1) is 24.5 Å². The molecule has 6 nitrogen and oxygen atoms in total. The zero-order valence-corrected chi connectivity index (χ0v) is 19.8. The minimum absolute atomic E-state index is 0.288. The molecule has 0 radical (unpaired) electrons. The van der Waals surface area contributed by atoms with E-state index in [9.17, 15) is 18.0 Å². The Hall–Kier alpha value is -2.98. The van der Waals surface area contributed by atoms with Crippen LogP contribution in [0.25, 0.3) is 11.3 Å². The Bertz CT molecular complexity index is 1140. The maximum atomic E-state index is 12.5. The molecule has 0 spiro atoms. The summed E-state index contributed by atoms with van der Waals surface area (Å²) in [5.74, 6) is -0.288. The summed E-state index contributed by atoms with van der Waals surface area (Å²) in [5, 5.41) is 5.22. The second-order valence-corrected chi connectivity index (χ2v) is 8.34. The number of amides is 1. The first-order valence-corrected chi connectivity index (χ1v) is 11.7. The minimum atomic E-state index is -4.75. The van der Waals surface area contributed by atoms with Crippen molar-refractivity contribution in [2.45, 2.75) is 32.8 Å². The van der Waals surface area contributed by atoms with Gasteiger partial charge in [0.05, 0.1) is 18.8 Å². The molecule has 1 N–H and O–H groups in total. The van der Waals surface area contributed by atoms with Crippen LogP contribution in [0.5, 0.6) is 5.75 Å². The maximum Gasteiger partial charge on any atom is 0.573 e. The van der Waals surface area contributed by atoms with Gasteiger partial charge in [0.1, 0.15) is 5.75 Å². The summed E-state index contributed by atoms with van der Waals surface area (Å²) >= 11 is 7.37. The lowest BCUT2D eigenvalue weighted by molar-refractivity contribution is -0.274. The third-order valence-corrected chi connectivity index (χ3v) is 5.75. The summed E-state index contributed by atoms with van der Waals surface area (Å²) in [6, 6.07) is 13.1. The van der Waals surface area contributed by atoms with Gasteiger partial charge in [-0.05, 0) is 60.9 Å². The van der Waals surface area contributed by atoms with Crippen LogP contribution in [0.15, 0.2) is 58.9 Å². The number of nitrogens with one attached hydrogen (secondary N) is 1. The highest BCUT2D eigenvalue weighted by Gasteiger charge is 2.31. The number of benzene rings is 2. The van der Waals surface area contributed by atoms with Gasteiger partial charge in [0.25, 0.3) is 0 Å². The standard InChI is InChI=1S/C23H23ClF3N3O3S/c1-2-32-22(31)28-12-3-13-30-20(17-6-10-19(11-7-17)33-23(25,26)27)15-34-21(30)29-14-16-4-8-18(24)9-5-16/h4-11,15H,2-3,12-14H2,1H3,(H,28,31). The van der Waals surface area contributed by atoms with Crippen LogP contribution in [0.4, 0.5) is 18.0 Å². The zero-order valence-electron chi connectivity index (χ0n) is 18.3. The molecule has 0 aliphatic rings. The molecule has 0 aliphatic heterocycles. The Balaban J connectivity index is 1.82. The van der Waals surface area contributed by atoms with E-state index >= 15 is 0 Å². The highest BCUT2D eigenvalue weighted by atomic mass is 35.5. The summed E-state index contributed by atoms with van der Waals surface area (Å²) < 4.78 is 48.2. The average Bonchev–Trinajstić information content (AvgIpc) is 3.18. The second kappa shape index (κ2) is 11.9. The van der Waals surface area contributed by atoms with Gasteiger partial charge in [0, 0.05) is 23.5 Å². The van der Waals surface area contributed by atoms with Crippen molar-refractivity contribution < 1.29 is 27.4 Å². The van der Waals surface area contributed by atoms with Crippen LogP contribution >= 0.6 is 22.9 Å². The molecule has 3 rings (SSSR count). The monoisotopic (exact) mass is 513 g/mol. The van der Waals surface area contributed by atoms with Crippen molar-refractivity contribution in [1.29, 1.82) is 0 Å². The molecule has 182 valence electrons. The predicted molar refractivity (Wildman–Crippen MR) is 125 cm³/mol. The smallest absolute Gasteiger partial charge is 0.450 e. The Morgan fingerprint density at radius 2 is 1.85 bits per heavy atom. The van der Waals surface area contributed by atoms with E-state index in [1.807, 2.05) is 22.1 Å². The van der Waals surface area contributed by atoms with Crippen LogP contribution in [0.2, 0.25) is 5.02 Å². The highest BCUT2D eigenvalue weighted by Crippen LogP contribution is 2.27. The van der Waals surface area contributed by atoms with Crippen molar-refractivity contribution in [1.82, 2.24) is 9.88 Å². The Labute approximate surface area is 203 Å². The fourth-order valence-electron chi connectivity index (χ4n) is 3.09. The molecule has 34 heavy (non-hydrogen) atoms. The number of nitrogens with zero attached hydrogens (tertiary/aromatic N) is 2. The van der Waals surface area contributed by atoms with E-state index in [2.05, 4.69) is 10.1 Å². The normalized spacial score (nSPS) is 12.0. The van der Waals surface area contributed by atoms with Gasteiger partial charge in [-0.2, -0.15) is 0 Å². The molecule has 0 fully saturated rings. The third kappa shape index (κ3) is 7.81. The van der Waals surface area contributed by atoms with E-state index in [4.69, 9.17) is 21.3 Å². The molecule has 11 heteroatoms. The first kappa shape index (κ1) is 25.6. The van der Waals surface area contributed by atoms with Crippen molar-refractivity contribution >= 4 is 29.0 Å². The first-order valence-electron chi connectivity index (χ1n) is 10.4. The molecular formula is C23H23ClF3N3O3S. The fourth-order valence-corrected chi connectivity index (χ4v) is 4.15. The van der Waals surface area contributed by atoms with Crippen molar-refractivity contribution in [2.24, 2.45) is 4.99 Å². The molecule has 1 heterocycles. The van der Waals surface area contributed by atoms with E-state index in [0.29, 0.717) is 31.1 Å². The molecule has 3 aromatic rings. The van der Waals surface area contributed by atoms with Crippen LogP contribution in [0.3, 0.4) is 0 Å². The van der Waals surface area contributed by atoms with Gasteiger partial charge >= 0.3 is 12.5 Å². The molecule has 1 aromatic heterocycles. The molecular weight excluding hydrogens is 491 g/mol. The largest absolute Gasteiger partial charge is 0.573 e. The van der Waals surface area contributed by atoms with Crippen LogP contribution in [-0.4, -0.2) is 30.2 Å². The van der Waals surface area contributed by atoms with E-state index in [0.717, 1.165) is 21.6 Å². The second-order valence-electron chi connectivity index (χ2n) is 7.07. The summed E-state index contributed by atoms with van der Waals surface area (Å²) in [6.45, 7) is 3.39. The van der Waals surface area contributed by atoms with Gasteiger partial charge in [-0.25, -0.2) is 4.79 Å². The molecule has 0 saturated carbocycles. The molecule has 0 aliphatic carbocycles. The average molecular weight is 514 g/mol. The van der Waals surface area contributed by atoms with Crippen molar-refractivity contribution in [3.05, 3.63) is 69.3 Å². The topological polar surface area (TPSA) is 64.8 Å². The Morgan fingerprint density at radius 3 is 2.50 bits per heavy atom. The SMILES string of the molecule is CCOC(=O)NCCCn1c(-c2ccc(OC(F)(F)F)cc2)csc1=NCc1ccc(Cl)cc1. The quantitative estimate of drug-likeness (QED) is 0.357. The number of hydrogen-bond acceptors (Lipinski definition) is 5. The minimum Gasteiger partial charge on any atom is -0.450 e. The third-order valence-electron chi connectivity index (χ3n) is 4.59. The first-order chi connectivity index (χ1) is 16.2. The van der Waals surface area contributed by atoms with Crippen LogP contribution < -0.4 is 14.9 Å². The number of thiazole rings is 1. The summed E-state index contributed by atoms with van der Waals surface area (Å²) in [4.78, 5) is 17.0. The number of ether oxygens (including phenoxy) is 2. The Kier molecular flexibility index (Phi) is 9.00. The maximum absolute atomic E-state index is 12.5. The number of aromatic nitrogens is 1. The molecule has 0 saturated heterocycles. The molecule has 0 bridgehead atoms. The molecule has 2 aromatic carbocycles. The Morgan fingerprint density at radius 1 is 1.15 bits per heavy atom. The van der Waals surface area contributed by atoms with E-state index in [1.54, 1.807) is 31.2 Å². The zero-order chi connectivity index (χ0) is 24.6. The lowest BCUT2D eigenvalue weighted by Gasteiger charge is -2.12. The number of halogens is 4. The summed E-state index contributed by atoms with van der Waals surface area (Å²) in [7, 11) is 0. The predicted octanol–water partition coefficient (Wildman–Crippen LogP) is 6.01. The van der Waals surface area contributed by atoms with Crippen LogP contribution in [0, 0.1) is 0 Å². The lowest BCUT2D eigenvalue weighted by atomic mass is 10.1. The number of carbonyl (C=O) groups excluding carboxylic acids is 1. The van der Waals surface area contributed by atoms with Gasteiger partial charge in [0.15, 0.2) is 4.80 Å². The highest BCUT2D eigenvalue weighted by molar-refractivity contribution is 7.07. The summed E-state index contributed by atoms with van der Waals surface area (Å²) in [6.07, 6.45) is -4.62. The number of alkyl carbamates (subject to hydrolysis) is 1.